The van der Waals surface area contributed by atoms with Crippen molar-refractivity contribution < 1.29 is 19.1 Å². The summed E-state index contributed by atoms with van der Waals surface area (Å²) >= 11 is 0. The van der Waals surface area contributed by atoms with Crippen molar-refractivity contribution in [1.29, 1.82) is 0 Å². The fourth-order valence-corrected chi connectivity index (χ4v) is 1.61. The highest BCUT2D eigenvalue weighted by atomic mass is 16.5. The third-order valence-corrected chi connectivity index (χ3v) is 3.44. The van der Waals surface area contributed by atoms with Crippen molar-refractivity contribution in [2.24, 2.45) is 5.41 Å². The molecule has 3 N–H and O–H groups in total. The number of carbonyl (C=O) groups excluding carboxylic acids is 3. The fraction of sp³-hybridized carbons (Fsp3) is 0.667. The maximum atomic E-state index is 11.6. The molecular formula is C15H25N3O4. The third-order valence-electron chi connectivity index (χ3n) is 3.44. The minimum atomic E-state index is -0.470. The largest absolute Gasteiger partial charge is 0.460 e. The van der Waals surface area contributed by atoms with E-state index < -0.39 is 5.97 Å². The average Bonchev–Trinajstić information content (AvgIpc) is 3.21. The van der Waals surface area contributed by atoms with Crippen molar-refractivity contribution in [2.75, 3.05) is 26.2 Å². The summed E-state index contributed by atoms with van der Waals surface area (Å²) in [4.78, 5) is 34.1. The lowest BCUT2D eigenvalue weighted by Gasteiger charge is -2.10. The highest BCUT2D eigenvalue weighted by Crippen LogP contribution is 2.44. The lowest BCUT2D eigenvalue weighted by molar-refractivity contribution is -0.138. The number of urea groups is 1. The number of carbonyl (C=O) groups is 3. The monoisotopic (exact) mass is 311 g/mol. The highest BCUT2D eigenvalue weighted by molar-refractivity contribution is 5.87. The normalized spacial score (nSPS) is 14.6. The zero-order valence-electron chi connectivity index (χ0n) is 13.3. The van der Waals surface area contributed by atoms with E-state index in [0.717, 1.165) is 12.8 Å². The van der Waals surface area contributed by atoms with Crippen LogP contribution in [0.1, 0.15) is 33.1 Å². The molecule has 124 valence electrons. The van der Waals surface area contributed by atoms with E-state index in [9.17, 15) is 14.4 Å². The van der Waals surface area contributed by atoms with E-state index in [1.807, 2.05) is 6.92 Å². The van der Waals surface area contributed by atoms with Crippen LogP contribution in [0.2, 0.25) is 0 Å². The van der Waals surface area contributed by atoms with Crippen LogP contribution in [0, 0.1) is 5.41 Å². The van der Waals surface area contributed by atoms with Gasteiger partial charge in [-0.1, -0.05) is 13.5 Å². The fourth-order valence-electron chi connectivity index (χ4n) is 1.61. The molecule has 1 aliphatic carbocycles. The highest BCUT2D eigenvalue weighted by Gasteiger charge is 2.44. The number of hydrogen-bond donors (Lipinski definition) is 3. The first-order chi connectivity index (χ1) is 10.3. The van der Waals surface area contributed by atoms with E-state index in [0.29, 0.717) is 25.1 Å². The third kappa shape index (κ3) is 6.60. The first kappa shape index (κ1) is 18.0. The molecule has 1 rings (SSSR count). The Morgan fingerprint density at radius 2 is 1.68 bits per heavy atom. The molecule has 1 fully saturated rings. The maximum Gasteiger partial charge on any atom is 0.333 e. The number of ether oxygens (including phenoxy) is 1. The lowest BCUT2D eigenvalue weighted by atomic mass is 10.1. The van der Waals surface area contributed by atoms with Gasteiger partial charge < -0.3 is 20.7 Å². The second-order valence-electron chi connectivity index (χ2n) is 5.77. The summed E-state index contributed by atoms with van der Waals surface area (Å²) in [7, 11) is 0. The SMILES string of the molecule is C=C(C)C(=O)OCCNC(=O)NCCCNC(=O)C1(C)CC1. The molecule has 0 unspecified atom stereocenters. The van der Waals surface area contributed by atoms with Crippen LogP contribution in [0.3, 0.4) is 0 Å². The van der Waals surface area contributed by atoms with Crippen LogP contribution in [0.5, 0.6) is 0 Å². The van der Waals surface area contributed by atoms with Crippen molar-refractivity contribution in [1.82, 2.24) is 16.0 Å². The molecule has 0 aliphatic heterocycles. The van der Waals surface area contributed by atoms with Crippen LogP contribution in [0.15, 0.2) is 12.2 Å². The van der Waals surface area contributed by atoms with Crippen LogP contribution >= 0.6 is 0 Å². The number of hydrogen-bond acceptors (Lipinski definition) is 4. The van der Waals surface area contributed by atoms with Gasteiger partial charge in [0, 0.05) is 24.1 Å². The maximum absolute atomic E-state index is 11.6. The predicted octanol–water partition coefficient (Wildman–Crippen LogP) is 0.711. The van der Waals surface area contributed by atoms with Gasteiger partial charge in [-0.15, -0.1) is 0 Å². The predicted molar refractivity (Wildman–Crippen MR) is 82.1 cm³/mol. The molecular weight excluding hydrogens is 286 g/mol. The van der Waals surface area contributed by atoms with Crippen LogP contribution in [0.4, 0.5) is 4.79 Å². The van der Waals surface area contributed by atoms with Gasteiger partial charge >= 0.3 is 12.0 Å². The van der Waals surface area contributed by atoms with Crippen LogP contribution < -0.4 is 16.0 Å². The number of esters is 1. The Kier molecular flexibility index (Phi) is 6.88. The minimum absolute atomic E-state index is 0.0938. The molecule has 1 saturated carbocycles. The Bertz CT molecular complexity index is 444. The molecule has 3 amide bonds. The zero-order valence-corrected chi connectivity index (χ0v) is 13.3. The van der Waals surface area contributed by atoms with Gasteiger partial charge in [0.2, 0.25) is 5.91 Å². The van der Waals surface area contributed by atoms with E-state index >= 15 is 0 Å². The molecule has 0 bridgehead atoms. The summed E-state index contributed by atoms with van der Waals surface area (Å²) in [5.74, 6) is -0.376. The second-order valence-corrected chi connectivity index (χ2v) is 5.77. The van der Waals surface area contributed by atoms with E-state index in [-0.39, 0.29) is 30.5 Å². The molecule has 1 aliphatic rings. The van der Waals surface area contributed by atoms with E-state index in [4.69, 9.17) is 4.74 Å². The molecule has 0 aromatic rings. The second kappa shape index (κ2) is 8.41. The van der Waals surface area contributed by atoms with E-state index in [2.05, 4.69) is 22.5 Å². The van der Waals surface area contributed by atoms with Crippen molar-refractivity contribution in [3.63, 3.8) is 0 Å². The van der Waals surface area contributed by atoms with Gasteiger partial charge in [-0.2, -0.15) is 0 Å². The molecule has 0 aromatic heterocycles. The van der Waals surface area contributed by atoms with Crippen LogP contribution in [-0.4, -0.2) is 44.1 Å². The summed E-state index contributed by atoms with van der Waals surface area (Å²) in [6, 6.07) is -0.327. The van der Waals surface area contributed by atoms with Crippen molar-refractivity contribution in [3.8, 4) is 0 Å². The summed E-state index contributed by atoms with van der Waals surface area (Å²) < 4.78 is 4.83. The van der Waals surface area contributed by atoms with Crippen LogP contribution in [-0.2, 0) is 14.3 Å². The minimum Gasteiger partial charge on any atom is -0.460 e. The van der Waals surface area contributed by atoms with Gasteiger partial charge in [0.25, 0.3) is 0 Å². The number of amides is 3. The summed E-state index contributed by atoms with van der Waals surface area (Å²) in [5, 5.41) is 8.09. The number of nitrogens with one attached hydrogen (secondary N) is 3. The molecule has 0 saturated heterocycles. The lowest BCUT2D eigenvalue weighted by Crippen LogP contribution is -2.39. The molecule has 22 heavy (non-hydrogen) atoms. The Hall–Kier alpha value is -2.05. The topological polar surface area (TPSA) is 96.5 Å². The van der Waals surface area contributed by atoms with Gasteiger partial charge in [0.1, 0.15) is 6.61 Å². The summed E-state index contributed by atoms with van der Waals surface area (Å²) in [6.45, 7) is 8.32. The summed E-state index contributed by atoms with van der Waals surface area (Å²) in [5.41, 5.74) is 0.165. The first-order valence-electron chi connectivity index (χ1n) is 7.48. The average molecular weight is 311 g/mol. The summed E-state index contributed by atoms with van der Waals surface area (Å²) in [6.07, 6.45) is 2.57. The van der Waals surface area contributed by atoms with Gasteiger partial charge in [-0.3, -0.25) is 4.79 Å². The van der Waals surface area contributed by atoms with Crippen molar-refractivity contribution in [3.05, 3.63) is 12.2 Å². The van der Waals surface area contributed by atoms with Crippen molar-refractivity contribution >= 4 is 17.9 Å². The molecule has 0 spiro atoms. The Balaban J connectivity index is 1.94. The standard InChI is InChI=1S/C15H25N3O4/c1-11(2)12(19)22-10-9-18-14(21)17-8-4-7-16-13(20)15(3)5-6-15/h1,4-10H2,2-3H3,(H,16,20)(H2,17,18,21). The van der Waals surface area contributed by atoms with Crippen LogP contribution in [0.25, 0.3) is 0 Å². The van der Waals surface area contributed by atoms with Gasteiger partial charge in [0.05, 0.1) is 6.54 Å². The van der Waals surface area contributed by atoms with E-state index in [1.165, 1.54) is 0 Å². The Morgan fingerprint density at radius 1 is 1.09 bits per heavy atom. The smallest absolute Gasteiger partial charge is 0.333 e. The first-order valence-corrected chi connectivity index (χ1v) is 7.48. The van der Waals surface area contributed by atoms with Gasteiger partial charge in [-0.05, 0) is 26.2 Å². The van der Waals surface area contributed by atoms with E-state index in [1.54, 1.807) is 6.92 Å². The molecule has 7 nitrogen and oxygen atoms in total. The molecule has 0 heterocycles. The van der Waals surface area contributed by atoms with Gasteiger partial charge in [-0.25, -0.2) is 9.59 Å². The molecule has 0 radical (unpaired) electrons. The Morgan fingerprint density at radius 3 is 2.27 bits per heavy atom. The quantitative estimate of drug-likeness (QED) is 0.332. The molecule has 0 aromatic carbocycles. The molecule has 7 heteroatoms. The number of rotatable bonds is 9. The zero-order chi connectivity index (χ0) is 16.6. The Labute approximate surface area is 130 Å². The van der Waals surface area contributed by atoms with Crippen molar-refractivity contribution in [2.45, 2.75) is 33.1 Å². The molecule has 0 atom stereocenters. The van der Waals surface area contributed by atoms with Gasteiger partial charge in [0.15, 0.2) is 0 Å².